The van der Waals surface area contributed by atoms with E-state index in [2.05, 4.69) is 15.1 Å². The van der Waals surface area contributed by atoms with Crippen molar-refractivity contribution in [2.45, 2.75) is 75.9 Å². The maximum atomic E-state index is 12.1. The van der Waals surface area contributed by atoms with Crippen LogP contribution in [0.15, 0.2) is 6.20 Å². The number of hydrogen-bond donors (Lipinski definition) is 2. The van der Waals surface area contributed by atoms with Gasteiger partial charge < -0.3 is 24.4 Å². The lowest BCUT2D eigenvalue weighted by atomic mass is 10.1. The van der Waals surface area contributed by atoms with Crippen molar-refractivity contribution < 1.29 is 29.2 Å². The maximum Gasteiger partial charge on any atom is 0.413 e. The van der Waals surface area contributed by atoms with Crippen LogP contribution in [0.2, 0.25) is 5.28 Å². The number of carbonyl (C=O) groups is 1. The van der Waals surface area contributed by atoms with Crippen molar-refractivity contribution in [3.63, 3.8) is 0 Å². The van der Waals surface area contributed by atoms with Crippen LogP contribution in [0.1, 0.15) is 45.8 Å². The Kier molecular flexibility index (Phi) is 5.05. The molecule has 0 aromatic carbocycles. The number of aromatic nitrogens is 4. The third-order valence-corrected chi connectivity index (χ3v) is 6.25. The number of carboxylic acid groups (broad SMARTS) is 1. The molecule has 0 spiro atoms. The van der Waals surface area contributed by atoms with Crippen LogP contribution < -0.4 is 4.90 Å². The normalized spacial score (nSPS) is 30.2. The van der Waals surface area contributed by atoms with Crippen LogP contribution in [0.4, 0.5) is 10.6 Å². The van der Waals surface area contributed by atoms with Gasteiger partial charge in [0.1, 0.15) is 18.3 Å². The molecule has 31 heavy (non-hydrogen) atoms. The number of fused-ring (bicyclic) bond motifs is 2. The fourth-order valence-electron chi connectivity index (χ4n) is 4.84. The minimum absolute atomic E-state index is 0.0920. The largest absolute Gasteiger partial charge is 0.465 e. The summed E-state index contributed by atoms with van der Waals surface area (Å²) in [4.78, 5) is 21.9. The van der Waals surface area contributed by atoms with Crippen LogP contribution >= 0.6 is 11.6 Å². The van der Waals surface area contributed by atoms with Crippen LogP contribution in [0.3, 0.4) is 0 Å². The van der Waals surface area contributed by atoms with Crippen molar-refractivity contribution in [3.8, 4) is 0 Å². The summed E-state index contributed by atoms with van der Waals surface area (Å²) in [5, 5.41) is 24.4. The lowest BCUT2D eigenvalue weighted by Gasteiger charge is -2.26. The molecule has 2 N–H and O–H groups in total. The summed E-state index contributed by atoms with van der Waals surface area (Å²) in [6, 6.07) is -0.173. The summed E-state index contributed by atoms with van der Waals surface area (Å²) in [5.41, 5.74) is 0.329. The van der Waals surface area contributed by atoms with Gasteiger partial charge in [0.15, 0.2) is 23.5 Å². The number of ether oxygens (including phenoxy) is 3. The molecular weight excluding hydrogens is 430 g/mol. The van der Waals surface area contributed by atoms with Gasteiger partial charge in [-0.15, -0.1) is 0 Å². The van der Waals surface area contributed by atoms with E-state index >= 15 is 0 Å². The molecule has 3 fully saturated rings. The predicted molar refractivity (Wildman–Crippen MR) is 108 cm³/mol. The molecule has 4 heterocycles. The smallest absolute Gasteiger partial charge is 0.413 e. The molecule has 1 saturated carbocycles. The molecule has 0 radical (unpaired) electrons. The first-order valence-electron chi connectivity index (χ1n) is 10.3. The third-order valence-electron chi connectivity index (χ3n) is 6.08. The van der Waals surface area contributed by atoms with Crippen molar-refractivity contribution in [1.29, 1.82) is 0 Å². The Labute approximate surface area is 182 Å². The van der Waals surface area contributed by atoms with Gasteiger partial charge in [-0.05, 0) is 38.3 Å². The van der Waals surface area contributed by atoms with Gasteiger partial charge in [-0.3, -0.25) is 4.90 Å². The lowest BCUT2D eigenvalue weighted by molar-refractivity contribution is -0.201. The number of aliphatic hydroxyl groups excluding tert-OH is 1. The van der Waals surface area contributed by atoms with Crippen LogP contribution in [-0.2, 0) is 14.2 Å². The number of anilines is 1. The number of halogens is 1. The quantitative estimate of drug-likeness (QED) is 0.669. The van der Waals surface area contributed by atoms with Crippen molar-refractivity contribution in [2.24, 2.45) is 0 Å². The zero-order valence-electron chi connectivity index (χ0n) is 17.1. The number of nitrogens with zero attached hydrogens (tertiary/aromatic N) is 5. The fraction of sp³-hybridized carbons (Fsp3) is 0.684. The highest BCUT2D eigenvalue weighted by molar-refractivity contribution is 6.28. The van der Waals surface area contributed by atoms with Gasteiger partial charge in [0, 0.05) is 6.04 Å². The second kappa shape index (κ2) is 7.52. The van der Waals surface area contributed by atoms with Crippen molar-refractivity contribution >= 4 is 34.5 Å². The monoisotopic (exact) mass is 453 g/mol. The average Bonchev–Trinajstić information content (AvgIpc) is 3.45. The van der Waals surface area contributed by atoms with Gasteiger partial charge in [0.2, 0.25) is 5.28 Å². The molecule has 0 bridgehead atoms. The molecule has 11 nitrogen and oxygen atoms in total. The molecule has 12 heteroatoms. The Morgan fingerprint density at radius 1 is 1.29 bits per heavy atom. The topological polar surface area (TPSA) is 132 Å². The number of aliphatic hydroxyl groups is 1. The fourth-order valence-corrected chi connectivity index (χ4v) is 5.00. The number of rotatable bonds is 4. The van der Waals surface area contributed by atoms with Gasteiger partial charge >= 0.3 is 6.09 Å². The highest BCUT2D eigenvalue weighted by atomic mass is 35.5. The number of amides is 1. The van der Waals surface area contributed by atoms with E-state index in [4.69, 9.17) is 25.8 Å². The molecule has 4 atom stereocenters. The Hall–Kier alpha value is -2.05. The summed E-state index contributed by atoms with van der Waals surface area (Å²) in [6.07, 6.45) is 1.53. The zero-order valence-corrected chi connectivity index (χ0v) is 17.9. The minimum Gasteiger partial charge on any atom is -0.465 e. The van der Waals surface area contributed by atoms with E-state index in [-0.39, 0.29) is 23.8 Å². The Morgan fingerprint density at radius 3 is 2.68 bits per heavy atom. The highest BCUT2D eigenvalue weighted by Gasteiger charge is 2.56. The van der Waals surface area contributed by atoms with Crippen molar-refractivity contribution in [2.75, 3.05) is 11.5 Å². The highest BCUT2D eigenvalue weighted by Crippen LogP contribution is 2.44. The molecule has 2 aromatic heterocycles. The van der Waals surface area contributed by atoms with Gasteiger partial charge in [-0.25, -0.2) is 9.48 Å². The summed E-state index contributed by atoms with van der Waals surface area (Å²) in [7, 11) is 0. The summed E-state index contributed by atoms with van der Waals surface area (Å²) >= 11 is 6.21. The standard InChI is InChI=1S/C19H24ClN5O6/c1-19(2)30-12-11(8-26)29-16(13(12)31-19)25-15-10(7-21-25)14(22-17(20)23-15)24(18(27)28)9-5-3-4-6-9/h7,9,11-13,16,26H,3-6,8H2,1-2H3,(H,27,28)/t11-,12-,13-,16-/m1/s1. The van der Waals surface area contributed by atoms with Crippen molar-refractivity contribution in [3.05, 3.63) is 11.5 Å². The lowest BCUT2D eigenvalue weighted by Crippen LogP contribution is -2.38. The molecule has 2 aliphatic heterocycles. The molecule has 168 valence electrons. The van der Waals surface area contributed by atoms with Gasteiger partial charge in [0.25, 0.3) is 0 Å². The Balaban J connectivity index is 1.58. The summed E-state index contributed by atoms with van der Waals surface area (Å²) in [6.45, 7) is 3.34. The van der Waals surface area contributed by atoms with E-state index in [9.17, 15) is 15.0 Å². The van der Waals surface area contributed by atoms with E-state index in [0.717, 1.165) is 25.7 Å². The Morgan fingerprint density at radius 2 is 2.00 bits per heavy atom. The first-order valence-corrected chi connectivity index (χ1v) is 10.7. The summed E-state index contributed by atoms with van der Waals surface area (Å²) < 4.78 is 19.4. The van der Waals surface area contributed by atoms with E-state index < -0.39 is 36.4 Å². The van der Waals surface area contributed by atoms with Gasteiger partial charge in [-0.2, -0.15) is 15.1 Å². The van der Waals surface area contributed by atoms with Crippen LogP contribution in [0, 0.1) is 0 Å². The van der Waals surface area contributed by atoms with E-state index in [1.807, 2.05) is 0 Å². The molecule has 1 amide bonds. The van der Waals surface area contributed by atoms with E-state index in [1.54, 1.807) is 13.8 Å². The second-order valence-electron chi connectivity index (χ2n) is 8.55. The molecule has 0 unspecified atom stereocenters. The molecule has 1 aliphatic carbocycles. The van der Waals surface area contributed by atoms with Gasteiger partial charge in [-0.1, -0.05) is 12.8 Å². The van der Waals surface area contributed by atoms with E-state index in [0.29, 0.717) is 11.0 Å². The molecular formula is C19H24ClN5O6. The first-order chi connectivity index (χ1) is 14.8. The Bertz CT molecular complexity index is 1010. The third kappa shape index (κ3) is 3.44. The summed E-state index contributed by atoms with van der Waals surface area (Å²) in [5.74, 6) is -0.633. The average molecular weight is 454 g/mol. The van der Waals surface area contributed by atoms with Crippen LogP contribution in [0.5, 0.6) is 0 Å². The maximum absolute atomic E-state index is 12.1. The SMILES string of the molecule is CC1(C)O[C@@H]2[C@H](O1)[C@@H](CO)O[C@H]2n1ncc2c(N(C(=O)O)C3CCCC3)nc(Cl)nc21. The second-order valence-corrected chi connectivity index (χ2v) is 8.88. The zero-order chi connectivity index (χ0) is 21.9. The van der Waals surface area contributed by atoms with Crippen LogP contribution in [0.25, 0.3) is 11.0 Å². The molecule has 2 aromatic rings. The predicted octanol–water partition coefficient (Wildman–Crippen LogP) is 2.32. The molecule has 5 rings (SSSR count). The first kappa shape index (κ1) is 20.8. The molecule has 2 saturated heterocycles. The van der Waals surface area contributed by atoms with Crippen molar-refractivity contribution in [1.82, 2.24) is 19.7 Å². The number of hydrogen-bond acceptors (Lipinski definition) is 8. The van der Waals surface area contributed by atoms with Gasteiger partial charge in [0.05, 0.1) is 18.2 Å². The van der Waals surface area contributed by atoms with Crippen LogP contribution in [-0.4, -0.2) is 72.8 Å². The molecule has 3 aliphatic rings. The van der Waals surface area contributed by atoms with E-state index in [1.165, 1.54) is 15.8 Å². The minimum atomic E-state index is -1.09.